The maximum Gasteiger partial charge on any atom is 0.287 e. The molecule has 1 aliphatic rings. The molecule has 1 aromatic carbocycles. The lowest BCUT2D eigenvalue weighted by atomic mass is 10.1. The molecule has 1 aliphatic carbocycles. The Labute approximate surface area is 173 Å². The molecule has 0 radical (unpaired) electrons. The standard InChI is InChI=1S/C21H22F2N2O4S/c1-21(22,23)19-12-18(29-15-6-4-3-5-7-15)16(13-24-19)20(26)25-17(14-8-9-14)10-11-30(2,27)28/h3-7,10-14,17H,8-9H2,1-2H3,(H,25,26)/b11-10+. The van der Waals surface area contributed by atoms with E-state index in [1.165, 1.54) is 6.08 Å². The number of carbonyl (C=O) groups is 1. The molecule has 1 aromatic heterocycles. The number of pyridine rings is 1. The van der Waals surface area contributed by atoms with Gasteiger partial charge < -0.3 is 10.1 Å². The van der Waals surface area contributed by atoms with Gasteiger partial charge in [-0.15, -0.1) is 0 Å². The van der Waals surface area contributed by atoms with E-state index in [0.717, 1.165) is 36.8 Å². The van der Waals surface area contributed by atoms with Crippen LogP contribution in [0.2, 0.25) is 0 Å². The third-order valence-corrected chi connectivity index (χ3v) is 5.14. The van der Waals surface area contributed by atoms with Gasteiger partial charge in [-0.05, 0) is 30.9 Å². The van der Waals surface area contributed by atoms with Gasteiger partial charge in [0.2, 0.25) is 0 Å². The van der Waals surface area contributed by atoms with Crippen molar-refractivity contribution >= 4 is 15.7 Å². The highest BCUT2D eigenvalue weighted by molar-refractivity contribution is 7.93. The molecule has 1 unspecified atom stereocenters. The van der Waals surface area contributed by atoms with Gasteiger partial charge in [0.05, 0.1) is 6.04 Å². The second kappa shape index (κ2) is 8.51. The Morgan fingerprint density at radius 3 is 2.53 bits per heavy atom. The topological polar surface area (TPSA) is 85.4 Å². The number of carbonyl (C=O) groups excluding carboxylic acids is 1. The maximum absolute atomic E-state index is 13.8. The summed E-state index contributed by atoms with van der Waals surface area (Å²) in [4.78, 5) is 16.6. The molecule has 0 bridgehead atoms. The molecule has 1 heterocycles. The van der Waals surface area contributed by atoms with Gasteiger partial charge in [0.1, 0.15) is 22.8 Å². The molecule has 1 atom stereocenters. The zero-order valence-electron chi connectivity index (χ0n) is 16.5. The van der Waals surface area contributed by atoms with Crippen molar-refractivity contribution in [1.82, 2.24) is 10.3 Å². The Morgan fingerprint density at radius 1 is 1.30 bits per heavy atom. The Morgan fingerprint density at radius 2 is 1.97 bits per heavy atom. The highest BCUT2D eigenvalue weighted by atomic mass is 32.2. The van der Waals surface area contributed by atoms with Crippen LogP contribution in [0.15, 0.2) is 54.1 Å². The Balaban J connectivity index is 1.90. The number of halogens is 2. The van der Waals surface area contributed by atoms with E-state index in [1.54, 1.807) is 30.3 Å². The number of nitrogens with zero attached hydrogens (tertiary/aromatic N) is 1. The molecule has 160 valence electrons. The fraction of sp³-hybridized carbons (Fsp3) is 0.333. The molecule has 3 rings (SSSR count). The van der Waals surface area contributed by atoms with Crippen molar-refractivity contribution in [2.75, 3.05) is 6.26 Å². The average Bonchev–Trinajstić information content (AvgIpc) is 3.49. The third kappa shape index (κ3) is 6.09. The van der Waals surface area contributed by atoms with Crippen LogP contribution in [-0.2, 0) is 15.8 Å². The van der Waals surface area contributed by atoms with Gasteiger partial charge in [-0.25, -0.2) is 8.42 Å². The molecular weight excluding hydrogens is 414 g/mol. The van der Waals surface area contributed by atoms with E-state index in [4.69, 9.17) is 4.74 Å². The largest absolute Gasteiger partial charge is 0.456 e. The number of alkyl halides is 2. The number of ether oxygens (including phenoxy) is 1. The van der Waals surface area contributed by atoms with Gasteiger partial charge in [0.25, 0.3) is 11.8 Å². The molecule has 30 heavy (non-hydrogen) atoms. The number of hydrogen-bond acceptors (Lipinski definition) is 5. The van der Waals surface area contributed by atoms with E-state index in [2.05, 4.69) is 10.3 Å². The number of aromatic nitrogens is 1. The molecule has 0 spiro atoms. The molecule has 6 nitrogen and oxygen atoms in total. The minimum absolute atomic E-state index is 0.0229. The van der Waals surface area contributed by atoms with Crippen molar-refractivity contribution in [3.05, 3.63) is 65.3 Å². The zero-order valence-corrected chi connectivity index (χ0v) is 17.3. The third-order valence-electron chi connectivity index (χ3n) is 4.49. The van der Waals surface area contributed by atoms with Gasteiger partial charge in [0.15, 0.2) is 9.84 Å². The summed E-state index contributed by atoms with van der Waals surface area (Å²) in [6.07, 6.45) is 5.25. The van der Waals surface area contributed by atoms with Crippen LogP contribution in [0.4, 0.5) is 8.78 Å². The molecular formula is C21H22F2N2O4S. The van der Waals surface area contributed by atoms with Gasteiger partial charge in [-0.2, -0.15) is 8.78 Å². The van der Waals surface area contributed by atoms with Gasteiger partial charge >= 0.3 is 0 Å². The van der Waals surface area contributed by atoms with Crippen molar-refractivity contribution in [1.29, 1.82) is 0 Å². The summed E-state index contributed by atoms with van der Waals surface area (Å²) >= 11 is 0. The minimum Gasteiger partial charge on any atom is -0.456 e. The van der Waals surface area contributed by atoms with Crippen molar-refractivity contribution in [3.63, 3.8) is 0 Å². The number of hydrogen-bond donors (Lipinski definition) is 1. The van der Waals surface area contributed by atoms with Crippen LogP contribution in [0.25, 0.3) is 0 Å². The summed E-state index contributed by atoms with van der Waals surface area (Å²) in [7, 11) is -3.35. The van der Waals surface area contributed by atoms with E-state index < -0.39 is 33.4 Å². The number of amides is 1. The van der Waals surface area contributed by atoms with Crippen molar-refractivity contribution < 1.29 is 26.7 Å². The van der Waals surface area contributed by atoms with Gasteiger partial charge in [0, 0.05) is 30.9 Å². The summed E-state index contributed by atoms with van der Waals surface area (Å²) in [6, 6.07) is 9.01. The molecule has 1 N–H and O–H groups in total. The predicted octanol–water partition coefficient (Wildman–Crippen LogP) is 4.05. The van der Waals surface area contributed by atoms with Crippen LogP contribution < -0.4 is 10.1 Å². The zero-order chi connectivity index (χ0) is 21.9. The van der Waals surface area contributed by atoms with Crippen LogP contribution in [0, 0.1) is 5.92 Å². The van der Waals surface area contributed by atoms with Crippen LogP contribution in [-0.4, -0.2) is 31.6 Å². The molecule has 1 fully saturated rings. The van der Waals surface area contributed by atoms with Crippen LogP contribution in [0.5, 0.6) is 11.5 Å². The maximum atomic E-state index is 13.8. The number of benzene rings is 1. The number of para-hydroxylation sites is 1. The fourth-order valence-corrected chi connectivity index (χ4v) is 3.24. The first-order chi connectivity index (χ1) is 14.0. The van der Waals surface area contributed by atoms with E-state index >= 15 is 0 Å². The highest BCUT2D eigenvalue weighted by Gasteiger charge is 2.33. The van der Waals surface area contributed by atoms with Crippen LogP contribution in [0.3, 0.4) is 0 Å². The Bertz CT molecular complexity index is 1050. The van der Waals surface area contributed by atoms with Crippen LogP contribution >= 0.6 is 0 Å². The second-order valence-corrected chi connectivity index (χ2v) is 9.30. The average molecular weight is 436 g/mol. The van der Waals surface area contributed by atoms with Crippen molar-refractivity contribution in [2.24, 2.45) is 5.92 Å². The predicted molar refractivity (Wildman–Crippen MR) is 108 cm³/mol. The van der Waals surface area contributed by atoms with Gasteiger partial charge in [-0.1, -0.05) is 24.3 Å². The van der Waals surface area contributed by atoms with Gasteiger partial charge in [-0.3, -0.25) is 9.78 Å². The summed E-state index contributed by atoms with van der Waals surface area (Å²) < 4.78 is 56.1. The van der Waals surface area contributed by atoms with E-state index in [-0.39, 0.29) is 17.2 Å². The van der Waals surface area contributed by atoms with Crippen molar-refractivity contribution in [2.45, 2.75) is 31.7 Å². The lowest BCUT2D eigenvalue weighted by Crippen LogP contribution is -2.35. The molecule has 0 saturated heterocycles. The molecule has 0 aliphatic heterocycles. The monoisotopic (exact) mass is 436 g/mol. The normalized spacial score (nSPS) is 15.7. The highest BCUT2D eigenvalue weighted by Crippen LogP contribution is 2.35. The summed E-state index contributed by atoms with van der Waals surface area (Å²) in [6.45, 7) is 0.709. The second-order valence-electron chi connectivity index (χ2n) is 7.36. The lowest BCUT2D eigenvalue weighted by molar-refractivity contribution is 0.0125. The SMILES string of the molecule is CC(F)(F)c1cc(Oc2ccccc2)c(C(=O)NC(/C=C/S(C)(=O)=O)C2CC2)cn1. The summed E-state index contributed by atoms with van der Waals surface area (Å²) in [5.41, 5.74) is -0.550. The molecule has 1 saturated carbocycles. The Kier molecular flexibility index (Phi) is 6.21. The Hall–Kier alpha value is -2.81. The number of nitrogens with one attached hydrogen (secondary N) is 1. The summed E-state index contributed by atoms with van der Waals surface area (Å²) in [5.74, 6) is -3.36. The quantitative estimate of drug-likeness (QED) is 0.675. The first kappa shape index (κ1) is 21.9. The molecule has 1 amide bonds. The number of rotatable bonds is 8. The minimum atomic E-state index is -3.35. The van der Waals surface area contributed by atoms with E-state index in [0.29, 0.717) is 12.7 Å². The molecule has 2 aromatic rings. The van der Waals surface area contributed by atoms with E-state index in [9.17, 15) is 22.0 Å². The first-order valence-corrected chi connectivity index (χ1v) is 11.3. The smallest absolute Gasteiger partial charge is 0.287 e. The number of sulfone groups is 1. The fourth-order valence-electron chi connectivity index (χ4n) is 2.78. The summed E-state index contributed by atoms with van der Waals surface area (Å²) in [5, 5.41) is 3.81. The first-order valence-electron chi connectivity index (χ1n) is 9.33. The van der Waals surface area contributed by atoms with Crippen LogP contribution in [0.1, 0.15) is 35.8 Å². The lowest BCUT2D eigenvalue weighted by Gasteiger charge is -2.18. The van der Waals surface area contributed by atoms with Crippen molar-refractivity contribution in [3.8, 4) is 11.5 Å². The van der Waals surface area contributed by atoms with E-state index in [1.807, 2.05) is 0 Å². The molecule has 9 heteroatoms.